The van der Waals surface area contributed by atoms with Gasteiger partial charge in [-0.3, -0.25) is 33.6 Å². The highest BCUT2D eigenvalue weighted by Gasteiger charge is 2.63. The van der Waals surface area contributed by atoms with Gasteiger partial charge in [0, 0.05) is 75.4 Å². The van der Waals surface area contributed by atoms with Crippen molar-refractivity contribution in [2.75, 3.05) is 66.7 Å². The van der Waals surface area contributed by atoms with E-state index < -0.39 is 0 Å². The fourth-order valence-corrected chi connectivity index (χ4v) is 16.2. The molecule has 7 saturated carbocycles. The fourth-order valence-electron chi connectivity index (χ4n) is 16.2. The first-order chi connectivity index (χ1) is 46.3. The molecule has 6 bridgehead atoms. The van der Waals surface area contributed by atoms with Gasteiger partial charge in [0.25, 0.3) is 0 Å². The minimum absolute atomic E-state index is 0.0143. The third-order valence-electron chi connectivity index (χ3n) is 25.9. The van der Waals surface area contributed by atoms with Crippen LogP contribution in [0.4, 0.5) is 0 Å². The lowest BCUT2D eigenvalue weighted by Gasteiger charge is -2.39. The Hall–Kier alpha value is -4.05. The van der Waals surface area contributed by atoms with Crippen molar-refractivity contribution >= 4 is 41.5 Å². The van der Waals surface area contributed by atoms with Crippen LogP contribution in [0.1, 0.15) is 282 Å². The maximum Gasteiger partial charge on any atom is 0.311 e. The number of carbonyl (C=O) groups is 7. The first-order valence-corrected chi connectivity index (χ1v) is 39.8. The van der Waals surface area contributed by atoms with E-state index in [0.29, 0.717) is 49.8 Å². The molecule has 4 amide bonds. The molecular formula is C83H150N4O12. The van der Waals surface area contributed by atoms with Crippen molar-refractivity contribution in [2.45, 2.75) is 306 Å². The van der Waals surface area contributed by atoms with E-state index in [1.807, 2.05) is 148 Å². The Morgan fingerprint density at radius 2 is 1.08 bits per heavy atom. The second-order valence-corrected chi connectivity index (χ2v) is 34.2. The van der Waals surface area contributed by atoms with Crippen LogP contribution in [0.5, 0.6) is 0 Å². The molecule has 1 N–H and O–H groups in total. The molecule has 9 rings (SSSR count). The predicted octanol–water partition coefficient (Wildman–Crippen LogP) is 17.0. The quantitative estimate of drug-likeness (QED) is 0.0442. The van der Waals surface area contributed by atoms with Crippen molar-refractivity contribution in [3.8, 4) is 0 Å². The first-order valence-electron chi connectivity index (χ1n) is 39.8. The molecule has 0 aromatic heterocycles. The van der Waals surface area contributed by atoms with E-state index in [0.717, 1.165) is 125 Å². The van der Waals surface area contributed by atoms with Crippen LogP contribution in [-0.2, 0) is 57.2 Å². The van der Waals surface area contributed by atoms with Crippen LogP contribution < -0.4 is 5.32 Å². The number of nitrogens with zero attached hydrogens (tertiary/aromatic N) is 3. The van der Waals surface area contributed by atoms with Gasteiger partial charge in [0.1, 0.15) is 18.8 Å². The molecule has 1 aliphatic heterocycles. The lowest BCUT2D eigenvalue weighted by atomic mass is 9.70. The summed E-state index contributed by atoms with van der Waals surface area (Å²) in [7, 11) is 3.57. The monoisotopic (exact) mass is 1400 g/mol. The number of amides is 4. The van der Waals surface area contributed by atoms with Crippen LogP contribution >= 0.6 is 0 Å². The number of carbonyl (C=O) groups excluding carboxylic acids is 7. The van der Waals surface area contributed by atoms with Crippen LogP contribution in [0.15, 0.2) is 12.2 Å². The lowest BCUT2D eigenvalue weighted by Crippen LogP contribution is -2.43. The maximum atomic E-state index is 12.3. The van der Waals surface area contributed by atoms with Gasteiger partial charge >= 0.3 is 17.9 Å². The zero-order valence-corrected chi connectivity index (χ0v) is 68.1. The lowest BCUT2D eigenvalue weighted by molar-refractivity contribution is -0.167. The summed E-state index contributed by atoms with van der Waals surface area (Å²) in [6, 6.07) is 0.265. The average molecular weight is 1400 g/mol. The Bertz CT molecular complexity index is 2520. The minimum atomic E-state index is -0.381. The minimum Gasteiger partial charge on any atom is -0.463 e. The number of nitrogens with one attached hydrogen (secondary N) is 1. The number of hydrogen-bond donors (Lipinski definition) is 1. The van der Waals surface area contributed by atoms with Crippen molar-refractivity contribution in [1.82, 2.24) is 20.0 Å². The van der Waals surface area contributed by atoms with E-state index in [4.69, 9.17) is 23.7 Å². The summed E-state index contributed by atoms with van der Waals surface area (Å²) in [4.78, 5) is 86.9. The second-order valence-electron chi connectivity index (χ2n) is 34.2. The van der Waals surface area contributed by atoms with Gasteiger partial charge in [-0.15, -0.1) is 0 Å². The number of fused-ring (bicyclic) bond motifs is 12. The van der Waals surface area contributed by atoms with Crippen LogP contribution in [0, 0.1) is 104 Å². The van der Waals surface area contributed by atoms with Crippen molar-refractivity contribution in [2.24, 2.45) is 104 Å². The summed E-state index contributed by atoms with van der Waals surface area (Å²) in [5.74, 6) is 8.92. The van der Waals surface area contributed by atoms with Gasteiger partial charge in [-0.2, -0.15) is 0 Å². The molecule has 0 radical (unpaired) electrons. The maximum absolute atomic E-state index is 12.3. The molecule has 9 aliphatic rings. The third-order valence-corrected chi connectivity index (χ3v) is 25.9. The molecule has 8 fully saturated rings. The van der Waals surface area contributed by atoms with Crippen LogP contribution in [0.25, 0.3) is 0 Å². The van der Waals surface area contributed by atoms with Crippen molar-refractivity contribution in [3.63, 3.8) is 0 Å². The van der Waals surface area contributed by atoms with E-state index in [2.05, 4.69) is 45.2 Å². The zero-order chi connectivity index (χ0) is 75.1. The van der Waals surface area contributed by atoms with Gasteiger partial charge in [0.15, 0.2) is 0 Å². The Balaban J connectivity index is 0.000000308. The summed E-state index contributed by atoms with van der Waals surface area (Å²) in [6.07, 6.45) is 25.8. The van der Waals surface area contributed by atoms with Gasteiger partial charge < -0.3 is 43.7 Å². The van der Waals surface area contributed by atoms with E-state index in [1.54, 1.807) is 19.0 Å². The van der Waals surface area contributed by atoms with Gasteiger partial charge in [0.05, 0.1) is 42.2 Å². The second kappa shape index (κ2) is 40.9. The van der Waals surface area contributed by atoms with Gasteiger partial charge in [0.2, 0.25) is 23.6 Å². The zero-order valence-electron chi connectivity index (χ0n) is 68.1. The number of rotatable bonds is 23. The summed E-state index contributed by atoms with van der Waals surface area (Å²) < 4.78 is 28.3. The molecule has 16 nitrogen and oxygen atoms in total. The largest absolute Gasteiger partial charge is 0.463 e. The molecule has 0 spiro atoms. The van der Waals surface area contributed by atoms with Gasteiger partial charge in [-0.1, -0.05) is 116 Å². The molecule has 8 aliphatic carbocycles. The topological polar surface area (TPSA) is 187 Å². The smallest absolute Gasteiger partial charge is 0.311 e. The Morgan fingerprint density at radius 3 is 1.57 bits per heavy atom. The highest BCUT2D eigenvalue weighted by Crippen LogP contribution is 2.66. The molecule has 17 atom stereocenters. The number of morpholine rings is 1. The van der Waals surface area contributed by atoms with Gasteiger partial charge in [-0.05, 0) is 237 Å². The van der Waals surface area contributed by atoms with Crippen LogP contribution in [0.3, 0.4) is 0 Å². The Morgan fingerprint density at radius 1 is 0.576 bits per heavy atom. The van der Waals surface area contributed by atoms with Gasteiger partial charge in [-0.25, -0.2) is 0 Å². The molecule has 1 saturated heterocycles. The van der Waals surface area contributed by atoms with E-state index in [1.165, 1.54) is 57.8 Å². The molecule has 17 unspecified atom stereocenters. The summed E-state index contributed by atoms with van der Waals surface area (Å²) in [6.45, 7) is 54.5. The van der Waals surface area contributed by atoms with Crippen molar-refractivity contribution in [3.05, 3.63) is 12.2 Å². The molecular weight excluding hydrogens is 1240 g/mol. The van der Waals surface area contributed by atoms with E-state index in [-0.39, 0.29) is 105 Å². The summed E-state index contributed by atoms with van der Waals surface area (Å²) in [5.41, 5.74) is -0.543. The molecule has 0 aromatic rings. The molecule has 0 aromatic carbocycles. The average Bonchev–Trinajstić information content (AvgIpc) is 1.57. The molecule has 99 heavy (non-hydrogen) atoms. The Kier molecular flexibility index (Phi) is 36.8. The number of esters is 3. The molecule has 1 heterocycles. The SMILES string of the molecule is CCC(C)(C)C(=O)OC1CC2CC1C1CCCC21.CCC(C)(C)C(=O)OC1CC2CCC1(C)C2(C)C.CCC(C)(C)C(=O)OCCOC1CC2CC1C1C=CCC21.CCC(C)C(=O)N(C)C.CCC(C)C(=O)N(CC)CC.CCC(C)C(=O)N1CCOCC1.CCC(C)C(=O)NC(C)C. The molecule has 574 valence electrons. The third kappa shape index (κ3) is 24.3. The predicted molar refractivity (Wildman–Crippen MR) is 401 cm³/mol. The number of ether oxygens (including phenoxy) is 5. The van der Waals surface area contributed by atoms with E-state index >= 15 is 0 Å². The normalized spacial score (nSPS) is 28.8. The Labute approximate surface area is 604 Å². The van der Waals surface area contributed by atoms with E-state index in [9.17, 15) is 33.6 Å². The van der Waals surface area contributed by atoms with Crippen LogP contribution in [0.2, 0.25) is 0 Å². The summed E-state index contributed by atoms with van der Waals surface area (Å²) >= 11 is 0. The highest BCUT2D eigenvalue weighted by molar-refractivity contribution is 5.80. The van der Waals surface area contributed by atoms with Crippen molar-refractivity contribution in [1.29, 1.82) is 0 Å². The standard InChI is InChI=1S/C18H28O3.C16H26O2.C16H28O2.C9H17NO2.C9H19NO.C8H17NO.C7H15NO/c1-4-18(2,3)17(19)21-9-8-20-16-11-12-10-15(16)14-7-5-6-13(12)14;1-4-16(2,3)15(17)18-14-9-10-8-13(14)12-7-5-6-11(10)12;1-7-14(2,3)13(17)18-12-10-11-8-9-16(12,6)15(11,4)5;1-3-8(2)9(11)10-4-6-12-7-5-10;1-5-8(4)9(11)10(6-2)7-3;1-5-7(4)8(10)9-6(2)3;1-5-6(2)7(9)8(3)4/h5,7,12-16H,4,6,8-11H2,1-3H3;10-14H,4-9H2,1-3H3;11-12H,7-10H2,1-6H3;8H,3-7H2,1-2H3;8H,5-7H2,1-4H3;6-7H,5H2,1-4H3,(H,9,10);6H,5H2,1-4H3. The molecule has 16 heteroatoms. The number of hydrogen-bond acceptors (Lipinski definition) is 12. The van der Waals surface area contributed by atoms with Crippen LogP contribution in [-0.4, -0.2) is 147 Å². The van der Waals surface area contributed by atoms with Crippen molar-refractivity contribution < 1.29 is 57.2 Å². The first kappa shape index (κ1) is 89.2. The summed E-state index contributed by atoms with van der Waals surface area (Å²) in [5, 5.41) is 2.85. The number of allylic oxidation sites excluding steroid dienone is 2. The highest BCUT2D eigenvalue weighted by atomic mass is 16.6. The fraction of sp³-hybridized carbons (Fsp3) is 0.892.